The van der Waals surface area contributed by atoms with Crippen LogP contribution in [0.3, 0.4) is 0 Å². The van der Waals surface area contributed by atoms with Crippen molar-refractivity contribution < 1.29 is 28.2 Å². The van der Waals surface area contributed by atoms with Crippen LogP contribution >= 0.6 is 11.8 Å². The average Bonchev–Trinajstić information content (AvgIpc) is 3.38. The Balaban J connectivity index is 1.67. The second-order valence-electron chi connectivity index (χ2n) is 7.16. The number of nitrogens with zero attached hydrogens (tertiary/aromatic N) is 3. The first kappa shape index (κ1) is 21.8. The van der Waals surface area contributed by atoms with Crippen molar-refractivity contribution in [3.63, 3.8) is 0 Å². The van der Waals surface area contributed by atoms with Crippen LogP contribution in [0.1, 0.15) is 23.6 Å². The molecular weight excluding hydrogens is 437 g/mol. The Morgan fingerprint density at radius 2 is 1.84 bits per heavy atom. The highest BCUT2D eigenvalue weighted by molar-refractivity contribution is 8.14. The van der Waals surface area contributed by atoms with E-state index in [-0.39, 0.29) is 11.6 Å². The SMILES string of the molecule is COc1ccc(C2CC(c3ccc(F)cc3)=NN2C(=O)CN2C(=O)CSC2=O)cc1OC. The summed E-state index contributed by atoms with van der Waals surface area (Å²) in [5.74, 6) is -0.217. The summed E-state index contributed by atoms with van der Waals surface area (Å²) in [6, 6.07) is 10.6. The normalized spacial score (nSPS) is 18.2. The lowest BCUT2D eigenvalue weighted by Gasteiger charge is -2.24. The standard InChI is InChI=1S/C22H20FN3O5S/c1-30-18-8-5-14(9-19(18)31-2)17-10-16(13-3-6-15(23)7-4-13)24-26(17)20(27)11-25-21(28)12-32-22(25)29/h3-9,17H,10-12H2,1-2H3. The Kier molecular flexibility index (Phi) is 6.13. The maximum Gasteiger partial charge on any atom is 0.289 e. The highest BCUT2D eigenvalue weighted by Gasteiger charge is 2.38. The smallest absolute Gasteiger partial charge is 0.289 e. The Morgan fingerprint density at radius 1 is 1.12 bits per heavy atom. The Labute approximate surface area is 188 Å². The van der Waals surface area contributed by atoms with Gasteiger partial charge in [-0.25, -0.2) is 9.40 Å². The molecule has 10 heteroatoms. The zero-order valence-electron chi connectivity index (χ0n) is 17.4. The van der Waals surface area contributed by atoms with Gasteiger partial charge < -0.3 is 9.47 Å². The van der Waals surface area contributed by atoms with Crippen LogP contribution in [0.15, 0.2) is 47.6 Å². The van der Waals surface area contributed by atoms with E-state index in [1.165, 1.54) is 31.4 Å². The van der Waals surface area contributed by atoms with E-state index in [9.17, 15) is 18.8 Å². The molecule has 4 rings (SSSR count). The third-order valence-corrected chi connectivity index (χ3v) is 6.13. The molecule has 0 aliphatic carbocycles. The number of halogens is 1. The summed E-state index contributed by atoms with van der Waals surface area (Å²) < 4.78 is 24.0. The van der Waals surface area contributed by atoms with E-state index in [4.69, 9.17) is 9.47 Å². The van der Waals surface area contributed by atoms with Gasteiger partial charge in [0.15, 0.2) is 11.5 Å². The third kappa shape index (κ3) is 4.18. The molecule has 32 heavy (non-hydrogen) atoms. The van der Waals surface area contributed by atoms with Gasteiger partial charge >= 0.3 is 0 Å². The summed E-state index contributed by atoms with van der Waals surface area (Å²) in [7, 11) is 3.04. The number of imide groups is 1. The fraction of sp³-hybridized carbons (Fsp3) is 0.273. The number of hydrogen-bond acceptors (Lipinski definition) is 7. The van der Waals surface area contributed by atoms with Gasteiger partial charge in [-0.05, 0) is 35.4 Å². The number of carbonyl (C=O) groups is 3. The zero-order valence-corrected chi connectivity index (χ0v) is 18.2. The molecule has 0 aromatic heterocycles. The van der Waals surface area contributed by atoms with Crippen LogP contribution in [0, 0.1) is 5.82 Å². The van der Waals surface area contributed by atoms with E-state index in [1.807, 2.05) is 0 Å². The molecule has 2 aliphatic rings. The Hall–Kier alpha value is -3.40. The molecule has 0 spiro atoms. The molecule has 1 atom stereocenters. The van der Waals surface area contributed by atoms with E-state index < -0.39 is 29.6 Å². The van der Waals surface area contributed by atoms with Crippen LogP contribution in [0.5, 0.6) is 11.5 Å². The second-order valence-corrected chi connectivity index (χ2v) is 8.09. The lowest BCUT2D eigenvalue weighted by Crippen LogP contribution is -2.40. The molecule has 2 aromatic rings. The molecule has 1 saturated heterocycles. The molecule has 0 radical (unpaired) electrons. The van der Waals surface area contributed by atoms with Gasteiger partial charge in [-0.3, -0.25) is 19.3 Å². The number of rotatable bonds is 6. The van der Waals surface area contributed by atoms with Gasteiger partial charge in [0.1, 0.15) is 12.4 Å². The summed E-state index contributed by atoms with van der Waals surface area (Å²) in [6.45, 7) is -0.394. The first-order valence-electron chi connectivity index (χ1n) is 9.75. The first-order valence-corrected chi connectivity index (χ1v) is 10.7. The van der Waals surface area contributed by atoms with Gasteiger partial charge in [-0.1, -0.05) is 30.0 Å². The van der Waals surface area contributed by atoms with E-state index >= 15 is 0 Å². The number of ether oxygens (including phenoxy) is 2. The molecule has 166 valence electrons. The van der Waals surface area contributed by atoms with Crippen molar-refractivity contribution in [2.24, 2.45) is 5.10 Å². The maximum absolute atomic E-state index is 13.4. The molecule has 0 N–H and O–H groups in total. The number of amides is 3. The van der Waals surface area contributed by atoms with Crippen LogP contribution < -0.4 is 9.47 Å². The van der Waals surface area contributed by atoms with E-state index in [1.54, 1.807) is 30.3 Å². The number of hydrogen-bond donors (Lipinski definition) is 0. The minimum absolute atomic E-state index is 0.0231. The predicted molar refractivity (Wildman–Crippen MR) is 116 cm³/mol. The van der Waals surface area contributed by atoms with Gasteiger partial charge in [-0.15, -0.1) is 0 Å². The van der Waals surface area contributed by atoms with Crippen LogP contribution in [0.2, 0.25) is 0 Å². The van der Waals surface area contributed by atoms with Crippen LogP contribution in [0.4, 0.5) is 9.18 Å². The quantitative estimate of drug-likeness (QED) is 0.662. The summed E-state index contributed by atoms with van der Waals surface area (Å²) >= 11 is 0.868. The van der Waals surface area contributed by atoms with Crippen LogP contribution in [0.25, 0.3) is 0 Å². The van der Waals surface area contributed by atoms with Gasteiger partial charge in [-0.2, -0.15) is 5.10 Å². The number of carbonyl (C=O) groups excluding carboxylic acids is 3. The molecule has 2 heterocycles. The Morgan fingerprint density at radius 3 is 2.47 bits per heavy atom. The molecule has 1 unspecified atom stereocenters. The lowest BCUT2D eigenvalue weighted by atomic mass is 9.98. The zero-order chi connectivity index (χ0) is 22.8. The van der Waals surface area contributed by atoms with Gasteiger partial charge in [0.25, 0.3) is 11.1 Å². The fourth-order valence-electron chi connectivity index (χ4n) is 3.62. The second kappa shape index (κ2) is 8.99. The van der Waals surface area contributed by atoms with Crippen LogP contribution in [-0.2, 0) is 9.59 Å². The minimum atomic E-state index is -0.497. The summed E-state index contributed by atoms with van der Waals surface area (Å²) in [4.78, 5) is 38.0. The summed E-state index contributed by atoms with van der Waals surface area (Å²) in [5.41, 5.74) is 2.01. The molecule has 0 saturated carbocycles. The van der Waals surface area contributed by atoms with Crippen molar-refractivity contribution in [1.29, 1.82) is 0 Å². The van der Waals surface area contributed by atoms with E-state index in [0.717, 1.165) is 22.2 Å². The molecule has 2 aliphatic heterocycles. The van der Waals surface area contributed by atoms with Gasteiger partial charge in [0.05, 0.1) is 31.7 Å². The maximum atomic E-state index is 13.4. The number of methoxy groups -OCH3 is 2. The molecule has 3 amide bonds. The fourth-order valence-corrected chi connectivity index (χ4v) is 4.34. The van der Waals surface area contributed by atoms with Crippen molar-refractivity contribution in [2.75, 3.05) is 26.5 Å². The third-order valence-electron chi connectivity index (χ3n) is 5.27. The average molecular weight is 457 g/mol. The summed E-state index contributed by atoms with van der Waals surface area (Å²) in [6.07, 6.45) is 0.365. The molecule has 8 nitrogen and oxygen atoms in total. The molecule has 2 aromatic carbocycles. The molecule has 0 bridgehead atoms. The highest BCUT2D eigenvalue weighted by Crippen LogP contribution is 2.37. The van der Waals surface area contributed by atoms with Gasteiger partial charge in [0, 0.05) is 6.42 Å². The van der Waals surface area contributed by atoms with Crippen molar-refractivity contribution >= 4 is 34.5 Å². The Bertz CT molecular complexity index is 1090. The number of thioether (sulfide) groups is 1. The van der Waals surface area contributed by atoms with E-state index in [0.29, 0.717) is 29.2 Å². The van der Waals surface area contributed by atoms with E-state index in [2.05, 4.69) is 5.10 Å². The monoisotopic (exact) mass is 457 g/mol. The predicted octanol–water partition coefficient (Wildman–Crippen LogP) is 3.22. The molecule has 1 fully saturated rings. The van der Waals surface area contributed by atoms with Crippen molar-refractivity contribution in [2.45, 2.75) is 12.5 Å². The molecular formula is C22H20FN3O5S. The van der Waals surface area contributed by atoms with Crippen molar-refractivity contribution in [3.05, 3.63) is 59.4 Å². The van der Waals surface area contributed by atoms with Crippen molar-refractivity contribution in [3.8, 4) is 11.5 Å². The highest BCUT2D eigenvalue weighted by atomic mass is 32.2. The number of hydrazone groups is 1. The lowest BCUT2D eigenvalue weighted by molar-refractivity contribution is -0.137. The van der Waals surface area contributed by atoms with Gasteiger partial charge in [0.2, 0.25) is 5.91 Å². The first-order chi connectivity index (χ1) is 15.4. The topological polar surface area (TPSA) is 88.5 Å². The number of benzene rings is 2. The van der Waals surface area contributed by atoms with Crippen molar-refractivity contribution in [1.82, 2.24) is 9.91 Å². The largest absolute Gasteiger partial charge is 0.493 e. The summed E-state index contributed by atoms with van der Waals surface area (Å²) in [5, 5.41) is 5.32. The minimum Gasteiger partial charge on any atom is -0.493 e. The van der Waals surface area contributed by atoms with Crippen LogP contribution in [-0.4, -0.2) is 59.2 Å².